The highest BCUT2D eigenvalue weighted by Crippen LogP contribution is 2.55. The van der Waals surface area contributed by atoms with E-state index in [4.69, 9.17) is 37.9 Å². The van der Waals surface area contributed by atoms with Crippen molar-refractivity contribution in [3.8, 4) is 46.0 Å². The van der Waals surface area contributed by atoms with Crippen LogP contribution in [0.5, 0.6) is 46.0 Å². The van der Waals surface area contributed by atoms with Crippen molar-refractivity contribution in [3.63, 3.8) is 0 Å². The summed E-state index contributed by atoms with van der Waals surface area (Å²) in [6.07, 6.45) is 3.03. The maximum absolute atomic E-state index is 7.22. The summed E-state index contributed by atoms with van der Waals surface area (Å²) in [6.45, 7) is 19.6. The quantitative estimate of drug-likeness (QED) is 0.0592. The second-order valence-electron chi connectivity index (χ2n) is 24.8. The molecule has 0 spiro atoms. The van der Waals surface area contributed by atoms with Crippen molar-refractivity contribution >= 4 is 63.7 Å². The zero-order chi connectivity index (χ0) is 62.8. The highest BCUT2D eigenvalue weighted by atomic mass is 79.9. The molecule has 9 rings (SSSR count). The summed E-state index contributed by atoms with van der Waals surface area (Å²) in [7, 11) is 7.10. The molecule has 0 saturated heterocycles. The molecule has 12 heteroatoms. The number of ether oxygens (including phenoxy) is 8. The van der Waals surface area contributed by atoms with Crippen LogP contribution in [0.25, 0.3) is 0 Å². The number of fused-ring (bicyclic) bond motifs is 8. The van der Waals surface area contributed by atoms with E-state index in [2.05, 4.69) is 240 Å². The summed E-state index contributed by atoms with van der Waals surface area (Å²) in [4.78, 5) is 0. The zero-order valence-corrected chi connectivity index (χ0v) is 59.3. The van der Waals surface area contributed by atoms with Crippen molar-refractivity contribution in [2.45, 2.75) is 131 Å². The van der Waals surface area contributed by atoms with Crippen LogP contribution in [0.3, 0.4) is 0 Å². The Balaban J connectivity index is 1.45. The van der Waals surface area contributed by atoms with Gasteiger partial charge in [-0.05, 0) is 97.9 Å². The van der Waals surface area contributed by atoms with Crippen LogP contribution in [0.15, 0.2) is 163 Å². The standard InChI is InChI=1S/C76H84Br4O8/c1-45(2)29-53-57-33-62(74(37-69(57)81-9)86-42-50-22-14-18-26-66(50)78)55(31-47(5)6)59-35-64(76(39-71(59)83-11)88-44-52-24-16-20-28-68(52)80)56(32-48(7)8)60-36-63(75(40-72(60)84-12)87-43-51-23-15-19-27-67(51)79)54(30-46(3)4)58-34-61(53)73(38-70(58)82-10)85-41-49-21-13-17-25-65(49)77/h13-28,33-40,45-48,53-56H,29-32,41-44H2,1-12H3. The first-order chi connectivity index (χ1) is 42.4. The molecule has 0 fully saturated rings. The Labute approximate surface area is 556 Å². The van der Waals surface area contributed by atoms with Crippen LogP contribution < -0.4 is 37.9 Å². The summed E-state index contributed by atoms with van der Waals surface area (Å²) in [5.41, 5.74) is 12.3. The van der Waals surface area contributed by atoms with E-state index in [1.165, 1.54) is 0 Å². The van der Waals surface area contributed by atoms with E-state index in [0.29, 0.717) is 26.4 Å². The van der Waals surface area contributed by atoms with Crippen molar-refractivity contribution in [2.24, 2.45) is 23.7 Å². The van der Waals surface area contributed by atoms with E-state index >= 15 is 0 Å². The number of hydrogen-bond donors (Lipinski definition) is 0. The van der Waals surface area contributed by atoms with Gasteiger partial charge in [0.25, 0.3) is 0 Å². The summed E-state index contributed by atoms with van der Waals surface area (Å²) in [5, 5.41) is 0. The number of hydrogen-bond acceptors (Lipinski definition) is 8. The van der Waals surface area contributed by atoms with E-state index in [1.807, 2.05) is 24.3 Å². The van der Waals surface area contributed by atoms with Crippen LogP contribution in [0.4, 0.5) is 0 Å². The minimum absolute atomic E-state index is 0.237. The molecule has 0 heterocycles. The second-order valence-corrected chi connectivity index (χ2v) is 28.2. The van der Waals surface area contributed by atoms with Gasteiger partial charge in [-0.3, -0.25) is 0 Å². The van der Waals surface area contributed by atoms with Crippen molar-refractivity contribution in [2.75, 3.05) is 28.4 Å². The molecule has 8 aromatic carbocycles. The molecule has 0 aliphatic heterocycles. The van der Waals surface area contributed by atoms with Crippen molar-refractivity contribution < 1.29 is 37.9 Å². The van der Waals surface area contributed by atoms with Crippen LogP contribution in [0.1, 0.15) is 172 Å². The molecule has 0 amide bonds. The Morgan fingerprint density at radius 2 is 0.455 bits per heavy atom. The minimum Gasteiger partial charge on any atom is -0.496 e. The highest BCUT2D eigenvalue weighted by molar-refractivity contribution is 9.11. The van der Waals surface area contributed by atoms with E-state index in [9.17, 15) is 0 Å². The Hall–Kier alpha value is -5.92. The van der Waals surface area contributed by atoms with Gasteiger partial charge in [0.1, 0.15) is 72.4 Å². The molecular formula is C76H84Br4O8. The van der Waals surface area contributed by atoms with Gasteiger partial charge in [-0.2, -0.15) is 0 Å². The molecular weight excluding hydrogens is 1360 g/mol. The first-order valence-electron chi connectivity index (χ1n) is 30.7. The third-order valence-corrected chi connectivity index (χ3v) is 19.7. The van der Waals surface area contributed by atoms with E-state index in [-0.39, 0.29) is 47.3 Å². The van der Waals surface area contributed by atoms with Crippen LogP contribution in [-0.2, 0) is 26.4 Å². The first kappa shape index (κ1) is 66.5. The van der Waals surface area contributed by atoms with Gasteiger partial charge < -0.3 is 37.9 Å². The van der Waals surface area contributed by atoms with Gasteiger partial charge in [0.05, 0.1) is 28.4 Å². The van der Waals surface area contributed by atoms with Crippen LogP contribution >= 0.6 is 63.7 Å². The predicted molar refractivity (Wildman–Crippen MR) is 371 cm³/mol. The molecule has 0 aromatic heterocycles. The Bertz CT molecular complexity index is 3190. The smallest absolute Gasteiger partial charge is 0.127 e. The average molecular weight is 1450 g/mol. The second kappa shape index (κ2) is 30.7. The lowest BCUT2D eigenvalue weighted by Gasteiger charge is -2.33. The van der Waals surface area contributed by atoms with Crippen molar-refractivity contribution in [1.82, 2.24) is 0 Å². The van der Waals surface area contributed by atoms with Crippen LogP contribution in [-0.4, -0.2) is 28.4 Å². The Morgan fingerprint density at radius 1 is 0.273 bits per heavy atom. The zero-order valence-electron chi connectivity index (χ0n) is 52.9. The van der Waals surface area contributed by atoms with Crippen molar-refractivity contribution in [1.29, 1.82) is 0 Å². The maximum atomic E-state index is 7.22. The fourth-order valence-electron chi connectivity index (χ4n) is 12.4. The van der Waals surface area contributed by atoms with Gasteiger partial charge >= 0.3 is 0 Å². The minimum atomic E-state index is -0.254. The normalized spacial score (nSPS) is 15.6. The number of halogens is 4. The first-order valence-corrected chi connectivity index (χ1v) is 33.9. The fraction of sp³-hybridized carbons (Fsp3) is 0.368. The number of benzene rings is 8. The fourth-order valence-corrected chi connectivity index (χ4v) is 14.0. The maximum Gasteiger partial charge on any atom is 0.127 e. The molecule has 8 nitrogen and oxygen atoms in total. The largest absolute Gasteiger partial charge is 0.496 e. The van der Waals surface area contributed by atoms with Gasteiger partial charge in [0.2, 0.25) is 0 Å². The molecule has 1 aliphatic rings. The van der Waals surface area contributed by atoms with Gasteiger partial charge in [-0.1, -0.05) is 192 Å². The van der Waals surface area contributed by atoms with Crippen LogP contribution in [0.2, 0.25) is 0 Å². The lowest BCUT2D eigenvalue weighted by atomic mass is 9.75. The topological polar surface area (TPSA) is 73.8 Å². The molecule has 8 aromatic rings. The van der Waals surface area contributed by atoms with E-state index in [1.54, 1.807) is 28.4 Å². The van der Waals surface area contributed by atoms with Gasteiger partial charge in [-0.25, -0.2) is 0 Å². The lowest BCUT2D eigenvalue weighted by molar-refractivity contribution is 0.292. The number of methoxy groups -OCH3 is 4. The van der Waals surface area contributed by atoms with Crippen molar-refractivity contribution in [3.05, 3.63) is 230 Å². The highest BCUT2D eigenvalue weighted by Gasteiger charge is 2.36. The third kappa shape index (κ3) is 15.8. The summed E-state index contributed by atoms with van der Waals surface area (Å²) >= 11 is 15.4. The van der Waals surface area contributed by atoms with E-state index in [0.717, 1.165) is 156 Å². The van der Waals surface area contributed by atoms with Gasteiger partial charge in [-0.15, -0.1) is 0 Å². The summed E-state index contributed by atoms with van der Waals surface area (Å²) < 4.78 is 59.5. The lowest BCUT2D eigenvalue weighted by Crippen LogP contribution is -2.17. The molecule has 0 N–H and O–H groups in total. The van der Waals surface area contributed by atoms with E-state index < -0.39 is 0 Å². The molecule has 8 bridgehead atoms. The summed E-state index contributed by atoms with van der Waals surface area (Å²) in [6, 6.07) is 51.0. The molecule has 4 unspecified atom stereocenters. The monoisotopic (exact) mass is 1440 g/mol. The van der Waals surface area contributed by atoms with Crippen LogP contribution in [0, 0.1) is 23.7 Å². The Morgan fingerprint density at radius 3 is 0.625 bits per heavy atom. The van der Waals surface area contributed by atoms with Gasteiger partial charge in [0.15, 0.2) is 0 Å². The molecule has 464 valence electrons. The molecule has 1 aliphatic carbocycles. The predicted octanol–water partition coefficient (Wildman–Crippen LogP) is 22.1. The molecule has 0 radical (unpaired) electrons. The molecule has 0 saturated carbocycles. The SMILES string of the molecule is COc1cc(OCc2ccccc2Br)c2cc1C(CC(C)C)c1cc(c(OC)cc1OCc1ccccc1Br)C(CC(C)C)c1cc(c(OC)cc1OCc1ccccc1Br)C(CC(C)C)c1cc(c(OC)cc1OCc1ccccc1Br)C2CC(C)C. The molecule has 4 atom stereocenters. The summed E-state index contributed by atoms with van der Waals surface area (Å²) in [5.74, 6) is 5.72. The molecule has 88 heavy (non-hydrogen) atoms. The van der Waals surface area contributed by atoms with Gasteiger partial charge in [0, 0.05) is 133 Å². The number of rotatable bonds is 24. The Kier molecular flexibility index (Phi) is 23.2. The third-order valence-electron chi connectivity index (χ3n) is 16.6. The average Bonchev–Trinajstić information content (AvgIpc) is 1.13.